The van der Waals surface area contributed by atoms with E-state index in [0.717, 1.165) is 19.0 Å². The highest BCUT2D eigenvalue weighted by Crippen LogP contribution is 2.42. The minimum absolute atomic E-state index is 0.0794. The van der Waals surface area contributed by atoms with Gasteiger partial charge < -0.3 is 14.8 Å². The number of hydrogen-bond donors (Lipinski definition) is 2. The second kappa shape index (κ2) is 11.4. The van der Waals surface area contributed by atoms with Crippen LogP contribution in [0.1, 0.15) is 34.3 Å². The molecule has 1 fully saturated rings. The van der Waals surface area contributed by atoms with Crippen molar-refractivity contribution in [3.8, 4) is 0 Å². The SMILES string of the molecule is C[Si](C)(C)OC(c1ccccc1)(c1ccccc1)[C@H]1CCCN1.O=C(O)c1cccc([N+](=O)[O-])c1. The van der Waals surface area contributed by atoms with Crippen LogP contribution < -0.4 is 5.32 Å². The van der Waals surface area contributed by atoms with Gasteiger partial charge in [-0.25, -0.2) is 4.79 Å². The fourth-order valence-electron chi connectivity index (χ4n) is 4.40. The van der Waals surface area contributed by atoms with Gasteiger partial charge in [-0.05, 0) is 56.2 Å². The van der Waals surface area contributed by atoms with Crippen molar-refractivity contribution in [2.45, 2.75) is 44.1 Å². The number of carboxylic acid groups (broad SMARTS) is 1. The number of carbonyl (C=O) groups is 1. The molecule has 0 spiro atoms. The summed E-state index contributed by atoms with van der Waals surface area (Å²) in [6.45, 7) is 7.91. The van der Waals surface area contributed by atoms with Crippen molar-refractivity contribution in [3.63, 3.8) is 0 Å². The maximum Gasteiger partial charge on any atom is 0.335 e. The molecule has 0 amide bonds. The number of benzene rings is 3. The molecule has 2 N–H and O–H groups in total. The first-order valence-corrected chi connectivity index (χ1v) is 15.1. The Hall–Kier alpha value is -3.33. The van der Waals surface area contributed by atoms with E-state index in [4.69, 9.17) is 9.53 Å². The minimum Gasteiger partial charge on any atom is -0.478 e. The van der Waals surface area contributed by atoms with Crippen LogP contribution in [0.3, 0.4) is 0 Å². The second-order valence-corrected chi connectivity index (χ2v) is 13.9. The zero-order valence-electron chi connectivity index (χ0n) is 20.3. The summed E-state index contributed by atoms with van der Waals surface area (Å²) in [5.41, 5.74) is 1.82. The molecule has 1 saturated heterocycles. The topological polar surface area (TPSA) is 102 Å². The number of rotatable bonds is 7. The third-order valence-electron chi connectivity index (χ3n) is 5.73. The van der Waals surface area contributed by atoms with Gasteiger partial charge in [0, 0.05) is 18.2 Å². The van der Waals surface area contributed by atoms with Crippen molar-refractivity contribution >= 4 is 20.0 Å². The lowest BCUT2D eigenvalue weighted by atomic mass is 9.79. The van der Waals surface area contributed by atoms with Crippen LogP contribution in [0.2, 0.25) is 19.6 Å². The Kier molecular flexibility index (Phi) is 8.55. The predicted octanol–water partition coefficient (Wildman–Crippen LogP) is 5.83. The lowest BCUT2D eigenvalue weighted by molar-refractivity contribution is -0.384. The van der Waals surface area contributed by atoms with Crippen LogP contribution in [-0.4, -0.2) is 36.9 Å². The van der Waals surface area contributed by atoms with Crippen molar-refractivity contribution < 1.29 is 19.3 Å². The first-order chi connectivity index (χ1) is 16.6. The molecular formula is C27H32N2O5Si. The van der Waals surface area contributed by atoms with Crippen LogP contribution in [0, 0.1) is 10.1 Å². The number of nitro benzene ring substituents is 1. The molecule has 4 rings (SSSR count). The molecule has 184 valence electrons. The Morgan fingerprint density at radius 1 is 1.00 bits per heavy atom. The quantitative estimate of drug-likeness (QED) is 0.245. The molecule has 1 aliphatic rings. The van der Waals surface area contributed by atoms with E-state index in [1.54, 1.807) is 0 Å². The van der Waals surface area contributed by atoms with Gasteiger partial charge in [0.25, 0.3) is 5.69 Å². The summed E-state index contributed by atoms with van der Waals surface area (Å²) in [6, 6.07) is 26.7. The van der Waals surface area contributed by atoms with Gasteiger partial charge in [-0.15, -0.1) is 0 Å². The van der Waals surface area contributed by atoms with Crippen LogP contribution in [0.25, 0.3) is 0 Å². The third kappa shape index (κ3) is 6.63. The molecule has 1 aliphatic heterocycles. The van der Waals surface area contributed by atoms with E-state index in [1.807, 2.05) is 0 Å². The smallest absolute Gasteiger partial charge is 0.335 e. The highest BCUT2D eigenvalue weighted by atomic mass is 28.4. The van der Waals surface area contributed by atoms with E-state index in [9.17, 15) is 14.9 Å². The maximum absolute atomic E-state index is 10.4. The highest BCUT2D eigenvalue weighted by molar-refractivity contribution is 6.69. The molecule has 1 atom stereocenters. The summed E-state index contributed by atoms with van der Waals surface area (Å²) < 4.78 is 6.96. The first kappa shape index (κ1) is 26.3. The molecule has 0 aromatic heterocycles. The first-order valence-electron chi connectivity index (χ1n) is 11.7. The summed E-state index contributed by atoms with van der Waals surface area (Å²) in [7, 11) is -1.77. The molecule has 0 bridgehead atoms. The van der Waals surface area contributed by atoms with Gasteiger partial charge in [-0.3, -0.25) is 10.1 Å². The molecule has 35 heavy (non-hydrogen) atoms. The highest BCUT2D eigenvalue weighted by Gasteiger charge is 2.46. The van der Waals surface area contributed by atoms with Gasteiger partial charge >= 0.3 is 5.97 Å². The Labute approximate surface area is 207 Å². The van der Waals surface area contributed by atoms with Crippen molar-refractivity contribution in [1.29, 1.82) is 0 Å². The van der Waals surface area contributed by atoms with E-state index >= 15 is 0 Å². The number of nitrogens with one attached hydrogen (secondary N) is 1. The van der Waals surface area contributed by atoms with Crippen LogP contribution >= 0.6 is 0 Å². The molecule has 0 saturated carbocycles. The zero-order chi connectivity index (χ0) is 25.5. The Bertz CT molecular complexity index is 1060. The molecular weight excluding hydrogens is 460 g/mol. The fourth-order valence-corrected chi connectivity index (χ4v) is 5.74. The number of carboxylic acids is 1. The van der Waals surface area contributed by atoms with Gasteiger partial charge in [-0.2, -0.15) is 0 Å². The predicted molar refractivity (Wildman–Crippen MR) is 139 cm³/mol. The Balaban J connectivity index is 0.000000241. The molecule has 0 radical (unpaired) electrons. The van der Waals surface area contributed by atoms with Crippen LogP contribution in [0.5, 0.6) is 0 Å². The van der Waals surface area contributed by atoms with Crippen molar-refractivity contribution in [2.75, 3.05) is 6.54 Å². The molecule has 0 aliphatic carbocycles. The maximum atomic E-state index is 10.4. The summed E-state index contributed by atoms with van der Waals surface area (Å²) in [5, 5.41) is 22.4. The van der Waals surface area contributed by atoms with Gasteiger partial charge in [0.15, 0.2) is 8.32 Å². The van der Waals surface area contributed by atoms with Crippen LogP contribution in [0.15, 0.2) is 84.9 Å². The standard InChI is InChI=1S/C20H27NOSi.C7H5NO4/c1-23(2,3)22-20(19-15-10-16-21-19,17-11-6-4-7-12-17)18-13-8-5-9-14-18;9-7(10)5-2-1-3-6(4-5)8(11)12/h4-9,11-14,19,21H,10,15-16H2,1-3H3;1-4H,(H,9,10)/t19-;/m1./s1. The van der Waals surface area contributed by atoms with Crippen LogP contribution in [0.4, 0.5) is 5.69 Å². The van der Waals surface area contributed by atoms with Crippen LogP contribution in [-0.2, 0) is 10.0 Å². The number of non-ortho nitro benzene ring substituents is 1. The van der Waals surface area contributed by atoms with E-state index in [2.05, 4.69) is 85.6 Å². The van der Waals surface area contributed by atoms with E-state index in [-0.39, 0.29) is 11.3 Å². The summed E-state index contributed by atoms with van der Waals surface area (Å²) in [5.74, 6) is -1.17. The molecule has 1 heterocycles. The minimum atomic E-state index is -1.77. The lowest BCUT2D eigenvalue weighted by Gasteiger charge is -2.44. The molecule has 7 nitrogen and oxygen atoms in total. The monoisotopic (exact) mass is 492 g/mol. The average molecular weight is 493 g/mol. The lowest BCUT2D eigenvalue weighted by Crippen LogP contribution is -2.53. The molecule has 0 unspecified atom stereocenters. The Morgan fingerprint density at radius 2 is 1.57 bits per heavy atom. The summed E-state index contributed by atoms with van der Waals surface area (Å²) in [4.78, 5) is 19.9. The van der Waals surface area contributed by atoms with Crippen molar-refractivity contribution in [2.24, 2.45) is 0 Å². The van der Waals surface area contributed by atoms with Crippen molar-refractivity contribution in [3.05, 3.63) is 112 Å². The number of nitrogens with zero attached hydrogens (tertiary/aromatic N) is 1. The second-order valence-electron chi connectivity index (χ2n) is 9.44. The molecule has 3 aromatic carbocycles. The fraction of sp³-hybridized carbons (Fsp3) is 0.296. The normalized spacial score (nSPS) is 15.7. The van der Waals surface area contributed by atoms with Crippen molar-refractivity contribution in [1.82, 2.24) is 5.32 Å². The molecule has 8 heteroatoms. The average Bonchev–Trinajstić information content (AvgIpc) is 3.39. The van der Waals surface area contributed by atoms with E-state index in [0.29, 0.717) is 6.04 Å². The number of aromatic carboxylic acids is 1. The number of hydrogen-bond acceptors (Lipinski definition) is 5. The van der Waals surface area contributed by atoms with E-state index < -0.39 is 24.8 Å². The summed E-state index contributed by atoms with van der Waals surface area (Å²) in [6.07, 6.45) is 2.36. The molecule has 3 aromatic rings. The Morgan fingerprint density at radius 3 is 2.00 bits per heavy atom. The number of nitro groups is 1. The van der Waals surface area contributed by atoms with Gasteiger partial charge in [0.05, 0.1) is 10.5 Å². The summed E-state index contributed by atoms with van der Waals surface area (Å²) >= 11 is 0. The third-order valence-corrected chi connectivity index (χ3v) is 6.66. The van der Waals surface area contributed by atoms with Gasteiger partial charge in [0.2, 0.25) is 0 Å². The largest absolute Gasteiger partial charge is 0.478 e. The van der Waals surface area contributed by atoms with E-state index in [1.165, 1.54) is 35.7 Å². The van der Waals surface area contributed by atoms with Gasteiger partial charge in [-0.1, -0.05) is 66.7 Å². The van der Waals surface area contributed by atoms with Gasteiger partial charge in [0.1, 0.15) is 5.60 Å². The zero-order valence-corrected chi connectivity index (χ0v) is 21.3.